The molecule has 104 valence electrons. The first kappa shape index (κ1) is 13.3. The number of carbonyl (C=O) groups is 2. The van der Waals surface area contributed by atoms with Gasteiger partial charge in [0.1, 0.15) is 10.7 Å². The molecule has 1 fully saturated rings. The van der Waals surface area contributed by atoms with Crippen molar-refractivity contribution in [2.75, 3.05) is 19.6 Å². The van der Waals surface area contributed by atoms with Crippen molar-refractivity contribution >= 4 is 34.5 Å². The van der Waals surface area contributed by atoms with E-state index in [-0.39, 0.29) is 18.4 Å². The lowest BCUT2D eigenvalue weighted by atomic mass is 10.3. The minimum atomic E-state index is -0.167. The highest BCUT2D eigenvalue weighted by atomic mass is 32.1. The summed E-state index contributed by atoms with van der Waals surface area (Å²) in [6.07, 6.45) is 0.777. The van der Waals surface area contributed by atoms with Crippen molar-refractivity contribution in [2.24, 2.45) is 0 Å². The molecule has 1 saturated heterocycles. The van der Waals surface area contributed by atoms with Gasteiger partial charge >= 0.3 is 0 Å². The number of thiazole rings is 1. The van der Waals surface area contributed by atoms with E-state index in [9.17, 15) is 9.59 Å². The molecule has 2 aromatic heterocycles. The summed E-state index contributed by atoms with van der Waals surface area (Å²) in [6, 6.07) is 1.98. The molecule has 0 aliphatic carbocycles. The van der Waals surface area contributed by atoms with Gasteiger partial charge in [0.05, 0.1) is 6.54 Å². The maximum Gasteiger partial charge on any atom is 0.273 e. The highest BCUT2D eigenvalue weighted by Crippen LogP contribution is 2.26. The molecule has 0 atom stereocenters. The van der Waals surface area contributed by atoms with Crippen LogP contribution in [0, 0.1) is 0 Å². The Kier molecular flexibility index (Phi) is 3.79. The highest BCUT2D eigenvalue weighted by molar-refractivity contribution is 7.14. The summed E-state index contributed by atoms with van der Waals surface area (Å²) in [5, 5.41) is 9.35. The molecule has 3 rings (SSSR count). The summed E-state index contributed by atoms with van der Waals surface area (Å²) >= 11 is 3.05. The third-order valence-electron chi connectivity index (χ3n) is 3.04. The molecule has 0 unspecified atom stereocenters. The number of nitrogens with zero attached hydrogens (tertiary/aromatic N) is 2. The number of hydrogen-bond donors (Lipinski definition) is 1. The molecular formula is C13H13N3O2S2. The van der Waals surface area contributed by atoms with Crippen molar-refractivity contribution in [3.63, 3.8) is 0 Å². The number of nitrogens with one attached hydrogen (secondary N) is 1. The zero-order valence-corrected chi connectivity index (χ0v) is 12.3. The van der Waals surface area contributed by atoms with E-state index >= 15 is 0 Å². The van der Waals surface area contributed by atoms with Crippen molar-refractivity contribution in [1.82, 2.24) is 15.2 Å². The summed E-state index contributed by atoms with van der Waals surface area (Å²) in [6.45, 7) is 1.33. The van der Waals surface area contributed by atoms with Crippen molar-refractivity contribution in [1.29, 1.82) is 0 Å². The topological polar surface area (TPSA) is 62.3 Å². The van der Waals surface area contributed by atoms with Crippen LogP contribution < -0.4 is 5.32 Å². The summed E-state index contributed by atoms with van der Waals surface area (Å²) in [5.41, 5.74) is 1.46. The Bertz CT molecular complexity index is 621. The second-order valence-electron chi connectivity index (χ2n) is 4.48. The molecule has 0 spiro atoms. The fourth-order valence-corrected chi connectivity index (χ4v) is 3.54. The highest BCUT2D eigenvalue weighted by Gasteiger charge is 2.23. The number of amides is 2. The third-order valence-corrected chi connectivity index (χ3v) is 4.61. The minimum absolute atomic E-state index is 0.107. The molecule has 0 radical (unpaired) electrons. The Morgan fingerprint density at radius 1 is 1.40 bits per heavy atom. The van der Waals surface area contributed by atoms with Gasteiger partial charge < -0.3 is 10.2 Å². The molecule has 1 aliphatic heterocycles. The van der Waals surface area contributed by atoms with Crippen molar-refractivity contribution in [3.8, 4) is 10.6 Å². The lowest BCUT2D eigenvalue weighted by Crippen LogP contribution is -2.37. The monoisotopic (exact) mass is 307 g/mol. The normalized spacial score (nSPS) is 15.8. The molecule has 0 saturated carbocycles. The second kappa shape index (κ2) is 5.72. The predicted molar refractivity (Wildman–Crippen MR) is 79.0 cm³/mol. The molecule has 7 heteroatoms. The largest absolute Gasteiger partial charge is 0.354 e. The van der Waals surface area contributed by atoms with Crippen molar-refractivity contribution < 1.29 is 9.59 Å². The van der Waals surface area contributed by atoms with Crippen LogP contribution in [-0.4, -0.2) is 41.3 Å². The number of carbonyl (C=O) groups excluding carboxylic acids is 2. The van der Waals surface area contributed by atoms with E-state index in [2.05, 4.69) is 10.3 Å². The molecule has 1 aliphatic rings. The van der Waals surface area contributed by atoms with E-state index in [1.54, 1.807) is 21.6 Å². The summed E-state index contributed by atoms with van der Waals surface area (Å²) in [4.78, 5) is 29.8. The number of thiophene rings is 1. The maximum atomic E-state index is 12.4. The molecule has 3 heterocycles. The van der Waals surface area contributed by atoms with E-state index in [1.165, 1.54) is 11.3 Å². The maximum absolute atomic E-state index is 12.4. The van der Waals surface area contributed by atoms with Gasteiger partial charge in [0.25, 0.3) is 5.91 Å². The van der Waals surface area contributed by atoms with Crippen LogP contribution >= 0.6 is 22.7 Å². The lowest BCUT2D eigenvalue weighted by Gasteiger charge is -2.17. The molecule has 1 N–H and O–H groups in total. The first-order valence-corrected chi connectivity index (χ1v) is 8.10. The smallest absolute Gasteiger partial charge is 0.273 e. The standard InChI is InChI=1S/C13H13N3O2S2/c17-11-6-16(4-1-3-14-11)13(18)10-8-20-12(15-10)9-2-5-19-7-9/h2,5,7-8H,1,3-4,6H2,(H,14,17). The Labute approximate surface area is 124 Å². The van der Waals surface area contributed by atoms with Gasteiger partial charge in [0.15, 0.2) is 0 Å². The second-order valence-corrected chi connectivity index (χ2v) is 6.12. The van der Waals surface area contributed by atoms with Crippen LogP contribution in [-0.2, 0) is 4.79 Å². The average Bonchev–Trinajstić information content (AvgIpc) is 3.07. The molecule has 2 aromatic rings. The fourth-order valence-electron chi connectivity index (χ4n) is 2.03. The van der Waals surface area contributed by atoms with E-state index in [1.807, 2.05) is 16.8 Å². The van der Waals surface area contributed by atoms with Gasteiger partial charge in [-0.25, -0.2) is 4.98 Å². The molecule has 2 amide bonds. The van der Waals surface area contributed by atoms with Crippen LogP contribution in [0.2, 0.25) is 0 Å². The lowest BCUT2D eigenvalue weighted by molar-refractivity contribution is -0.121. The minimum Gasteiger partial charge on any atom is -0.354 e. The van der Waals surface area contributed by atoms with Gasteiger partial charge in [-0.15, -0.1) is 11.3 Å². The zero-order chi connectivity index (χ0) is 13.9. The van der Waals surface area contributed by atoms with Gasteiger partial charge in [-0.1, -0.05) is 0 Å². The molecule has 0 aromatic carbocycles. The molecule has 20 heavy (non-hydrogen) atoms. The number of rotatable bonds is 2. The van der Waals surface area contributed by atoms with Crippen LogP contribution in [0.4, 0.5) is 0 Å². The van der Waals surface area contributed by atoms with Crippen LogP contribution in [0.5, 0.6) is 0 Å². The first-order valence-electron chi connectivity index (χ1n) is 6.28. The van der Waals surface area contributed by atoms with E-state index in [0.717, 1.165) is 17.0 Å². The molecule has 0 bridgehead atoms. The number of aromatic nitrogens is 1. The van der Waals surface area contributed by atoms with Gasteiger partial charge in [0, 0.05) is 29.4 Å². The summed E-state index contributed by atoms with van der Waals surface area (Å²) in [5.74, 6) is -0.274. The van der Waals surface area contributed by atoms with Gasteiger partial charge in [0.2, 0.25) is 5.91 Å². The van der Waals surface area contributed by atoms with Crippen molar-refractivity contribution in [3.05, 3.63) is 27.9 Å². The van der Waals surface area contributed by atoms with Gasteiger partial charge in [-0.3, -0.25) is 9.59 Å². The summed E-state index contributed by atoms with van der Waals surface area (Å²) < 4.78 is 0. The zero-order valence-electron chi connectivity index (χ0n) is 10.7. The Morgan fingerprint density at radius 2 is 2.30 bits per heavy atom. The van der Waals surface area contributed by atoms with Crippen molar-refractivity contribution in [2.45, 2.75) is 6.42 Å². The van der Waals surface area contributed by atoms with Crippen LogP contribution in [0.3, 0.4) is 0 Å². The van der Waals surface area contributed by atoms with E-state index in [0.29, 0.717) is 18.8 Å². The van der Waals surface area contributed by atoms with Crippen LogP contribution in [0.1, 0.15) is 16.9 Å². The Morgan fingerprint density at radius 3 is 3.10 bits per heavy atom. The number of hydrogen-bond acceptors (Lipinski definition) is 5. The Balaban J connectivity index is 1.78. The molecular weight excluding hydrogens is 294 g/mol. The SMILES string of the molecule is O=C1CN(C(=O)c2csc(-c3ccsc3)n2)CCCN1. The van der Waals surface area contributed by atoms with E-state index in [4.69, 9.17) is 0 Å². The predicted octanol–water partition coefficient (Wildman–Crippen LogP) is 1.83. The van der Waals surface area contributed by atoms with Crippen LogP contribution in [0.15, 0.2) is 22.2 Å². The first-order chi connectivity index (χ1) is 9.74. The van der Waals surface area contributed by atoms with Crippen LogP contribution in [0.25, 0.3) is 10.6 Å². The quantitative estimate of drug-likeness (QED) is 0.921. The summed E-state index contributed by atoms with van der Waals surface area (Å²) in [7, 11) is 0. The van der Waals surface area contributed by atoms with Gasteiger partial charge in [-0.05, 0) is 17.9 Å². The van der Waals surface area contributed by atoms with E-state index < -0.39 is 0 Å². The fraction of sp³-hybridized carbons (Fsp3) is 0.308. The third kappa shape index (κ3) is 2.73. The average molecular weight is 307 g/mol. The Hall–Kier alpha value is -1.73. The molecule has 5 nitrogen and oxygen atoms in total. The van der Waals surface area contributed by atoms with Gasteiger partial charge in [-0.2, -0.15) is 11.3 Å².